The third-order valence-corrected chi connectivity index (χ3v) is 5.51. The molecular weight excluding hydrogens is 424 g/mol. The average molecular weight is 444 g/mol. The van der Waals surface area contributed by atoms with E-state index in [2.05, 4.69) is 0 Å². The zero-order valence-corrected chi connectivity index (χ0v) is 18.2. The summed E-state index contributed by atoms with van der Waals surface area (Å²) in [5.74, 6) is -1.00. The molecule has 1 aliphatic heterocycles. The second kappa shape index (κ2) is 8.58. The molecule has 0 radical (unpaired) electrons. The number of hydrogen-bond acceptors (Lipinski definition) is 6. The molecule has 0 saturated carbocycles. The number of hydrogen-bond donors (Lipinski definition) is 0. The lowest BCUT2D eigenvalue weighted by atomic mass is 10.0. The van der Waals surface area contributed by atoms with Gasteiger partial charge in [-0.2, -0.15) is 0 Å². The van der Waals surface area contributed by atoms with Crippen LogP contribution >= 0.6 is 0 Å². The molecule has 4 rings (SSSR count). The molecule has 0 N–H and O–H groups in total. The number of allylic oxidation sites excluding steroid dienone is 1. The van der Waals surface area contributed by atoms with Gasteiger partial charge in [-0.3, -0.25) is 19.8 Å². The van der Waals surface area contributed by atoms with Crippen molar-refractivity contribution in [3.63, 3.8) is 0 Å². The molecule has 8 nitrogen and oxygen atoms in total. The molecule has 0 fully saturated rings. The summed E-state index contributed by atoms with van der Waals surface area (Å²) in [6, 6.07) is 17.5. The third kappa shape index (κ3) is 3.71. The second-order valence-electron chi connectivity index (χ2n) is 7.34. The molecule has 3 aromatic rings. The Morgan fingerprint density at radius 1 is 1.06 bits per heavy atom. The number of methoxy groups -OCH3 is 2. The van der Waals surface area contributed by atoms with Crippen molar-refractivity contribution in [3.05, 3.63) is 93.2 Å². The fourth-order valence-corrected chi connectivity index (χ4v) is 3.98. The summed E-state index contributed by atoms with van der Waals surface area (Å²) in [5.41, 5.74) is 1.36. The van der Waals surface area contributed by atoms with Crippen LogP contribution in [-0.2, 0) is 14.3 Å². The molecule has 1 amide bonds. The van der Waals surface area contributed by atoms with E-state index < -0.39 is 16.8 Å². The molecule has 0 spiro atoms. The molecule has 33 heavy (non-hydrogen) atoms. The Morgan fingerprint density at radius 2 is 1.79 bits per heavy atom. The molecule has 8 heteroatoms. The quantitative estimate of drug-likeness (QED) is 0.246. The number of ether oxygens (including phenoxy) is 2. The molecular formula is C25H20N2O6. The molecule has 0 unspecified atom stereocenters. The van der Waals surface area contributed by atoms with E-state index in [1.165, 1.54) is 37.3 Å². The van der Waals surface area contributed by atoms with Gasteiger partial charge in [0, 0.05) is 17.1 Å². The smallest absolute Gasteiger partial charge is 0.340 e. The summed E-state index contributed by atoms with van der Waals surface area (Å²) in [6.07, 6.45) is 1.45. The van der Waals surface area contributed by atoms with Crippen molar-refractivity contribution in [3.8, 4) is 5.75 Å². The highest BCUT2D eigenvalue weighted by molar-refractivity contribution is 6.25. The first-order valence-electron chi connectivity index (χ1n) is 10.0. The average Bonchev–Trinajstić information content (AvgIpc) is 3.07. The van der Waals surface area contributed by atoms with Crippen molar-refractivity contribution in [1.82, 2.24) is 0 Å². The minimum absolute atomic E-state index is 0.0896. The van der Waals surface area contributed by atoms with Gasteiger partial charge in [-0.15, -0.1) is 0 Å². The minimum Gasteiger partial charge on any atom is -0.490 e. The van der Waals surface area contributed by atoms with Crippen LogP contribution in [0.3, 0.4) is 0 Å². The number of benzene rings is 3. The number of nitrogens with zero attached hydrogens (tertiary/aromatic N) is 2. The van der Waals surface area contributed by atoms with Crippen LogP contribution in [0.1, 0.15) is 12.5 Å². The number of nitro benzene ring substituents is 1. The lowest BCUT2D eigenvalue weighted by Gasteiger charge is -2.20. The predicted molar refractivity (Wildman–Crippen MR) is 124 cm³/mol. The normalized spacial score (nSPS) is 14.8. The van der Waals surface area contributed by atoms with Crippen molar-refractivity contribution in [2.24, 2.45) is 0 Å². The van der Waals surface area contributed by atoms with Crippen molar-refractivity contribution in [2.75, 3.05) is 19.1 Å². The van der Waals surface area contributed by atoms with Crippen LogP contribution < -0.4 is 9.64 Å². The van der Waals surface area contributed by atoms with Gasteiger partial charge in [0.15, 0.2) is 5.75 Å². The molecule has 1 heterocycles. The molecule has 0 bridgehead atoms. The van der Waals surface area contributed by atoms with Gasteiger partial charge in [0.2, 0.25) is 0 Å². The van der Waals surface area contributed by atoms with E-state index in [-0.39, 0.29) is 22.6 Å². The van der Waals surface area contributed by atoms with Gasteiger partial charge in [0.25, 0.3) is 5.91 Å². The minimum atomic E-state index is -0.669. The van der Waals surface area contributed by atoms with Crippen LogP contribution in [0.2, 0.25) is 0 Å². The van der Waals surface area contributed by atoms with E-state index in [0.29, 0.717) is 16.9 Å². The number of anilines is 1. The fourth-order valence-electron chi connectivity index (χ4n) is 3.98. The number of rotatable bonds is 5. The first kappa shape index (κ1) is 21.8. The van der Waals surface area contributed by atoms with Gasteiger partial charge in [-0.25, -0.2) is 4.79 Å². The Labute approximate surface area is 189 Å². The van der Waals surface area contributed by atoms with Crippen molar-refractivity contribution < 1.29 is 24.0 Å². The Hall–Kier alpha value is -4.46. The highest BCUT2D eigenvalue weighted by Gasteiger charge is 2.38. The lowest BCUT2D eigenvalue weighted by Crippen LogP contribution is -2.24. The number of fused-ring (bicyclic) bond motifs is 1. The molecule has 0 aliphatic carbocycles. The first-order valence-corrected chi connectivity index (χ1v) is 10.0. The zero-order chi connectivity index (χ0) is 23.7. The zero-order valence-electron chi connectivity index (χ0n) is 18.2. The Morgan fingerprint density at radius 3 is 2.48 bits per heavy atom. The molecule has 166 valence electrons. The summed E-state index contributed by atoms with van der Waals surface area (Å²) in [6.45, 7) is 1.67. The molecule has 0 saturated heterocycles. The van der Waals surface area contributed by atoms with Crippen LogP contribution in [-0.4, -0.2) is 31.0 Å². The summed E-state index contributed by atoms with van der Waals surface area (Å²) >= 11 is 0. The van der Waals surface area contributed by atoms with E-state index in [4.69, 9.17) is 9.47 Å². The van der Waals surface area contributed by atoms with E-state index >= 15 is 0 Å². The Bertz CT molecular complexity index is 1370. The topological polar surface area (TPSA) is 99.0 Å². The molecule has 0 atom stereocenters. The summed E-state index contributed by atoms with van der Waals surface area (Å²) in [4.78, 5) is 38.6. The van der Waals surface area contributed by atoms with E-state index in [0.717, 1.165) is 10.8 Å². The Kier molecular flexibility index (Phi) is 5.66. The highest BCUT2D eigenvalue weighted by Crippen LogP contribution is 2.39. The molecule has 1 aliphatic rings. The van der Waals surface area contributed by atoms with Crippen molar-refractivity contribution >= 4 is 40.1 Å². The largest absolute Gasteiger partial charge is 0.490 e. The summed E-state index contributed by atoms with van der Waals surface area (Å²) in [5, 5.41) is 13.2. The fraction of sp³-hybridized carbons (Fsp3) is 0.120. The number of carbonyl (C=O) groups excluding carboxylic acids is 2. The molecule has 3 aromatic carbocycles. The van der Waals surface area contributed by atoms with Crippen LogP contribution in [0.5, 0.6) is 5.75 Å². The third-order valence-electron chi connectivity index (χ3n) is 5.51. The van der Waals surface area contributed by atoms with E-state index in [9.17, 15) is 19.7 Å². The van der Waals surface area contributed by atoms with Gasteiger partial charge >= 0.3 is 11.7 Å². The standard InChI is InChI=1S/C25H20N2O6/c1-15-23(25(29)33-3)19(13-16-11-12-22(32-2)21(14-16)27(30)31)24(28)26(15)20-10-6-8-17-7-4-5-9-18(17)20/h4-14H,1-3H3. The summed E-state index contributed by atoms with van der Waals surface area (Å²) < 4.78 is 9.99. The monoisotopic (exact) mass is 444 g/mol. The van der Waals surface area contributed by atoms with Crippen molar-refractivity contribution in [2.45, 2.75) is 6.92 Å². The van der Waals surface area contributed by atoms with Gasteiger partial charge in [0.1, 0.15) is 0 Å². The lowest BCUT2D eigenvalue weighted by molar-refractivity contribution is -0.385. The number of esters is 1. The van der Waals surface area contributed by atoms with Gasteiger partial charge in [0.05, 0.1) is 36.0 Å². The summed E-state index contributed by atoms with van der Waals surface area (Å²) in [7, 11) is 2.58. The van der Waals surface area contributed by atoms with Crippen LogP contribution in [0.25, 0.3) is 16.8 Å². The number of carbonyl (C=O) groups is 2. The van der Waals surface area contributed by atoms with E-state index in [1.807, 2.05) is 36.4 Å². The van der Waals surface area contributed by atoms with Gasteiger partial charge in [-0.1, -0.05) is 42.5 Å². The predicted octanol–water partition coefficient (Wildman–Crippen LogP) is 4.63. The van der Waals surface area contributed by atoms with Crippen LogP contribution in [0, 0.1) is 10.1 Å². The van der Waals surface area contributed by atoms with Gasteiger partial charge in [-0.05, 0) is 36.1 Å². The second-order valence-corrected chi connectivity index (χ2v) is 7.34. The first-order chi connectivity index (χ1) is 15.9. The van der Waals surface area contributed by atoms with Gasteiger partial charge < -0.3 is 9.47 Å². The SMILES string of the molecule is COC(=O)C1=C(C)N(c2cccc3ccccc23)C(=O)C1=Cc1ccc(OC)c([N+](=O)[O-])c1. The van der Waals surface area contributed by atoms with Crippen molar-refractivity contribution in [1.29, 1.82) is 0 Å². The highest BCUT2D eigenvalue weighted by atomic mass is 16.6. The number of amides is 1. The molecule has 0 aromatic heterocycles. The van der Waals surface area contributed by atoms with E-state index in [1.54, 1.807) is 19.1 Å². The Balaban J connectivity index is 1.90. The maximum atomic E-state index is 13.6. The number of nitro groups is 1. The maximum Gasteiger partial charge on any atom is 0.340 e. The van der Waals surface area contributed by atoms with Crippen LogP contribution in [0.15, 0.2) is 77.5 Å². The van der Waals surface area contributed by atoms with Crippen LogP contribution in [0.4, 0.5) is 11.4 Å². The maximum absolute atomic E-state index is 13.6.